The third-order valence-electron chi connectivity index (χ3n) is 2.58. The molecule has 6 heteroatoms. The number of rotatable bonds is 3. The Labute approximate surface area is 111 Å². The minimum atomic E-state index is -0.271. The van der Waals surface area contributed by atoms with Crippen LogP contribution in [0.2, 0.25) is 0 Å². The van der Waals surface area contributed by atoms with E-state index in [1.165, 1.54) is 6.20 Å². The summed E-state index contributed by atoms with van der Waals surface area (Å²) in [5.41, 5.74) is 8.87. The number of aromatic nitrogens is 3. The van der Waals surface area contributed by atoms with Gasteiger partial charge in [-0.15, -0.1) is 0 Å². The zero-order valence-corrected chi connectivity index (χ0v) is 10.8. The maximum Gasteiger partial charge on any atom is 0.255 e. The number of nitrogens with one attached hydrogen (secondary N) is 1. The van der Waals surface area contributed by atoms with Gasteiger partial charge in [0.15, 0.2) is 0 Å². The molecular weight excluding hydrogens is 242 g/mol. The quantitative estimate of drug-likeness (QED) is 0.855. The topological polar surface area (TPSA) is 93.8 Å². The van der Waals surface area contributed by atoms with Crippen LogP contribution < -0.4 is 11.1 Å². The van der Waals surface area contributed by atoms with Gasteiger partial charge < -0.3 is 11.1 Å². The second-order valence-corrected chi connectivity index (χ2v) is 4.24. The van der Waals surface area contributed by atoms with Crippen molar-refractivity contribution in [3.8, 4) is 0 Å². The van der Waals surface area contributed by atoms with Crippen molar-refractivity contribution in [2.75, 3.05) is 5.73 Å². The van der Waals surface area contributed by atoms with Crippen LogP contribution in [0.15, 0.2) is 24.7 Å². The van der Waals surface area contributed by atoms with E-state index in [1.807, 2.05) is 13.8 Å². The first-order valence-electron chi connectivity index (χ1n) is 5.84. The Balaban J connectivity index is 2.03. The highest BCUT2D eigenvalue weighted by Crippen LogP contribution is 2.11. The number of hydrogen-bond donors (Lipinski definition) is 2. The summed E-state index contributed by atoms with van der Waals surface area (Å²) in [6.45, 7) is 3.98. The Morgan fingerprint density at radius 3 is 2.53 bits per heavy atom. The van der Waals surface area contributed by atoms with Crippen molar-refractivity contribution in [3.05, 3.63) is 47.3 Å². The van der Waals surface area contributed by atoms with Gasteiger partial charge in [0.25, 0.3) is 5.91 Å². The Morgan fingerprint density at radius 1 is 1.16 bits per heavy atom. The third kappa shape index (κ3) is 3.25. The molecule has 0 radical (unpaired) electrons. The molecule has 0 saturated heterocycles. The number of carbonyl (C=O) groups excluding carboxylic acids is 1. The van der Waals surface area contributed by atoms with Gasteiger partial charge in [-0.25, -0.2) is 0 Å². The van der Waals surface area contributed by atoms with E-state index < -0.39 is 0 Å². The van der Waals surface area contributed by atoms with E-state index in [9.17, 15) is 4.79 Å². The van der Waals surface area contributed by atoms with Gasteiger partial charge in [-0.2, -0.15) is 0 Å². The predicted molar refractivity (Wildman–Crippen MR) is 71.3 cm³/mol. The summed E-state index contributed by atoms with van der Waals surface area (Å²) in [6.07, 6.45) is 4.76. The summed E-state index contributed by atoms with van der Waals surface area (Å²) in [4.78, 5) is 24.3. The molecule has 0 fully saturated rings. The maximum atomic E-state index is 11.9. The summed E-state index contributed by atoms with van der Waals surface area (Å²) in [6, 6.07) is 1.67. The Morgan fingerprint density at radius 2 is 1.89 bits per heavy atom. The normalized spacial score (nSPS) is 10.2. The molecule has 0 bridgehead atoms. The van der Waals surface area contributed by atoms with Gasteiger partial charge in [0.1, 0.15) is 0 Å². The fraction of sp³-hybridized carbons (Fsp3) is 0.231. The number of anilines is 1. The van der Waals surface area contributed by atoms with Crippen LogP contribution in [0.25, 0.3) is 0 Å². The molecule has 98 valence electrons. The fourth-order valence-electron chi connectivity index (χ4n) is 1.55. The summed E-state index contributed by atoms with van der Waals surface area (Å²) >= 11 is 0. The molecule has 0 atom stereocenters. The number of hydrogen-bond acceptors (Lipinski definition) is 5. The van der Waals surface area contributed by atoms with Crippen LogP contribution in [0.5, 0.6) is 0 Å². The maximum absolute atomic E-state index is 11.9. The van der Waals surface area contributed by atoms with Gasteiger partial charge >= 0.3 is 0 Å². The van der Waals surface area contributed by atoms with E-state index in [0.717, 1.165) is 11.4 Å². The average molecular weight is 257 g/mol. The molecule has 3 N–H and O–H groups in total. The van der Waals surface area contributed by atoms with Crippen molar-refractivity contribution in [1.82, 2.24) is 20.3 Å². The van der Waals surface area contributed by atoms with E-state index in [4.69, 9.17) is 5.73 Å². The molecule has 0 aliphatic rings. The predicted octanol–water partition coefficient (Wildman–Crippen LogP) is 1.00. The number of pyridine rings is 1. The minimum Gasteiger partial charge on any atom is -0.398 e. The number of nitrogen functional groups attached to an aromatic ring is 1. The van der Waals surface area contributed by atoms with Gasteiger partial charge in [0, 0.05) is 23.8 Å². The second-order valence-electron chi connectivity index (χ2n) is 4.24. The standard InChI is InChI=1S/C13H15N5O/c1-8-3-12(14)11(7-16-8)13(19)18-6-10-5-15-9(2)4-17-10/h3-5,7H,6H2,1-2H3,(H2,14,16)(H,18,19). The molecule has 0 aliphatic heterocycles. The van der Waals surface area contributed by atoms with Crippen molar-refractivity contribution in [2.24, 2.45) is 0 Å². The van der Waals surface area contributed by atoms with Crippen LogP contribution in [-0.4, -0.2) is 20.9 Å². The highest BCUT2D eigenvalue weighted by atomic mass is 16.1. The molecular formula is C13H15N5O. The Kier molecular flexibility index (Phi) is 3.70. The number of aryl methyl sites for hydroxylation is 2. The highest BCUT2D eigenvalue weighted by Gasteiger charge is 2.10. The van der Waals surface area contributed by atoms with Gasteiger partial charge in [0.2, 0.25) is 0 Å². The van der Waals surface area contributed by atoms with Gasteiger partial charge in [-0.1, -0.05) is 0 Å². The van der Waals surface area contributed by atoms with Crippen molar-refractivity contribution in [2.45, 2.75) is 20.4 Å². The molecule has 0 aromatic carbocycles. The molecule has 0 aliphatic carbocycles. The second kappa shape index (κ2) is 5.43. The van der Waals surface area contributed by atoms with E-state index in [0.29, 0.717) is 23.5 Å². The number of amides is 1. The largest absolute Gasteiger partial charge is 0.398 e. The first-order valence-corrected chi connectivity index (χ1v) is 5.84. The first kappa shape index (κ1) is 12.9. The SMILES string of the molecule is Cc1cnc(CNC(=O)c2cnc(C)cc2N)cn1. The molecule has 1 amide bonds. The molecule has 0 spiro atoms. The van der Waals surface area contributed by atoms with Crippen LogP contribution >= 0.6 is 0 Å². The van der Waals surface area contributed by atoms with Crippen LogP contribution in [0.3, 0.4) is 0 Å². The number of nitrogens with two attached hydrogens (primary N) is 1. The van der Waals surface area contributed by atoms with E-state index >= 15 is 0 Å². The summed E-state index contributed by atoms with van der Waals surface area (Å²) in [7, 11) is 0. The number of carbonyl (C=O) groups is 1. The minimum absolute atomic E-state index is 0.271. The summed E-state index contributed by atoms with van der Waals surface area (Å²) in [5, 5.41) is 2.73. The summed E-state index contributed by atoms with van der Waals surface area (Å²) < 4.78 is 0. The van der Waals surface area contributed by atoms with Gasteiger partial charge in [-0.05, 0) is 19.9 Å². The van der Waals surface area contributed by atoms with Crippen LogP contribution in [-0.2, 0) is 6.54 Å². The molecule has 2 aromatic heterocycles. The van der Waals surface area contributed by atoms with Gasteiger partial charge in [0.05, 0.1) is 29.7 Å². The lowest BCUT2D eigenvalue weighted by atomic mass is 10.2. The lowest BCUT2D eigenvalue weighted by Gasteiger charge is -2.07. The third-order valence-corrected chi connectivity index (χ3v) is 2.58. The lowest BCUT2D eigenvalue weighted by molar-refractivity contribution is 0.0951. The molecule has 2 rings (SSSR count). The summed E-state index contributed by atoms with van der Waals surface area (Å²) in [5.74, 6) is -0.271. The molecule has 19 heavy (non-hydrogen) atoms. The van der Waals surface area contributed by atoms with Gasteiger partial charge in [-0.3, -0.25) is 19.7 Å². The Hall–Kier alpha value is -2.50. The van der Waals surface area contributed by atoms with Crippen LogP contribution in [0, 0.1) is 13.8 Å². The molecule has 0 unspecified atom stereocenters. The van der Waals surface area contributed by atoms with E-state index in [2.05, 4.69) is 20.3 Å². The van der Waals surface area contributed by atoms with E-state index in [1.54, 1.807) is 18.5 Å². The van der Waals surface area contributed by atoms with Crippen molar-refractivity contribution in [3.63, 3.8) is 0 Å². The molecule has 0 saturated carbocycles. The monoisotopic (exact) mass is 257 g/mol. The lowest BCUT2D eigenvalue weighted by Crippen LogP contribution is -2.24. The van der Waals surface area contributed by atoms with Crippen LogP contribution in [0.4, 0.5) is 5.69 Å². The van der Waals surface area contributed by atoms with Crippen molar-refractivity contribution >= 4 is 11.6 Å². The van der Waals surface area contributed by atoms with Crippen molar-refractivity contribution < 1.29 is 4.79 Å². The van der Waals surface area contributed by atoms with E-state index in [-0.39, 0.29) is 5.91 Å². The average Bonchev–Trinajstić information content (AvgIpc) is 2.37. The highest BCUT2D eigenvalue weighted by molar-refractivity contribution is 5.98. The Bertz CT molecular complexity index is 594. The molecule has 2 heterocycles. The zero-order chi connectivity index (χ0) is 13.8. The first-order chi connectivity index (χ1) is 9.06. The van der Waals surface area contributed by atoms with Crippen LogP contribution in [0.1, 0.15) is 27.4 Å². The smallest absolute Gasteiger partial charge is 0.255 e. The van der Waals surface area contributed by atoms with Crippen molar-refractivity contribution in [1.29, 1.82) is 0 Å². The fourth-order valence-corrected chi connectivity index (χ4v) is 1.55. The molecule has 6 nitrogen and oxygen atoms in total. The zero-order valence-electron chi connectivity index (χ0n) is 10.8. The number of nitrogens with zero attached hydrogens (tertiary/aromatic N) is 3. The molecule has 2 aromatic rings.